The van der Waals surface area contributed by atoms with Crippen LogP contribution in [0.2, 0.25) is 0 Å². The van der Waals surface area contributed by atoms with E-state index in [1.807, 2.05) is 0 Å². The zero-order chi connectivity index (χ0) is 19.8. The lowest BCUT2D eigenvalue weighted by molar-refractivity contribution is 0.0516. The number of benzene rings is 1. The van der Waals surface area contributed by atoms with Crippen molar-refractivity contribution in [3.8, 4) is 11.3 Å². The molecule has 0 saturated carbocycles. The lowest BCUT2D eigenvalue weighted by Gasteiger charge is -2.19. The summed E-state index contributed by atoms with van der Waals surface area (Å²) in [5, 5.41) is 11.2. The van der Waals surface area contributed by atoms with Gasteiger partial charge in [-0.05, 0) is 49.7 Å². The van der Waals surface area contributed by atoms with Crippen molar-refractivity contribution >= 4 is 38.9 Å². The molecule has 0 amide bonds. The van der Waals surface area contributed by atoms with E-state index in [2.05, 4.69) is 31.3 Å². The first kappa shape index (κ1) is 19.1. The predicted octanol–water partition coefficient (Wildman–Crippen LogP) is 4.15. The molecule has 3 rings (SSSR count). The monoisotopic (exact) mass is 434 g/mol. The van der Waals surface area contributed by atoms with E-state index in [0.29, 0.717) is 26.6 Å². The Morgan fingerprint density at radius 2 is 2.00 bits per heavy atom. The number of nitrogens with zero attached hydrogens (tertiary/aromatic N) is 3. The second kappa shape index (κ2) is 7.15. The number of hydrogen-bond donors (Lipinski definition) is 1. The second-order valence-electron chi connectivity index (χ2n) is 6.77. The molecule has 1 aromatic carbocycles. The van der Waals surface area contributed by atoms with Gasteiger partial charge in [-0.1, -0.05) is 12.1 Å². The summed E-state index contributed by atoms with van der Waals surface area (Å²) in [5.74, 6) is -0.569. The Morgan fingerprint density at radius 1 is 1.26 bits per heavy atom. The molecule has 0 aliphatic heterocycles. The van der Waals surface area contributed by atoms with Crippen molar-refractivity contribution in [2.24, 2.45) is 0 Å². The molecule has 0 aliphatic rings. The number of aromatic nitrogens is 4. The summed E-state index contributed by atoms with van der Waals surface area (Å²) in [4.78, 5) is 24.7. The molecule has 0 bridgehead atoms. The molecule has 0 unspecified atom stereocenters. The number of hydrogen-bond acceptors (Lipinski definition) is 6. The van der Waals surface area contributed by atoms with Crippen LogP contribution in [0, 0.1) is 0 Å². The molecule has 0 spiro atoms. The Labute approximate surface area is 164 Å². The Morgan fingerprint density at radius 3 is 2.67 bits per heavy atom. The molecule has 2 aromatic heterocycles. The van der Waals surface area contributed by atoms with E-state index in [4.69, 9.17) is 9.47 Å². The van der Waals surface area contributed by atoms with Crippen molar-refractivity contribution in [2.45, 2.75) is 33.3 Å². The molecule has 9 heteroatoms. The zero-order valence-electron chi connectivity index (χ0n) is 15.4. The summed E-state index contributed by atoms with van der Waals surface area (Å²) in [7, 11) is 0. The van der Waals surface area contributed by atoms with Gasteiger partial charge in [-0.25, -0.2) is 9.59 Å². The SMILES string of the molecule is CCOC(=O)c1n[nH]nc1-c1cccc2c1c(Br)cn2C(=O)OC(C)(C)C. The summed E-state index contributed by atoms with van der Waals surface area (Å²) >= 11 is 3.49. The fourth-order valence-electron chi connectivity index (χ4n) is 2.66. The maximum atomic E-state index is 12.6. The van der Waals surface area contributed by atoms with Crippen LogP contribution in [0.3, 0.4) is 0 Å². The van der Waals surface area contributed by atoms with Crippen LogP contribution in [0.25, 0.3) is 22.2 Å². The minimum Gasteiger partial charge on any atom is -0.461 e. The first-order valence-electron chi connectivity index (χ1n) is 8.34. The van der Waals surface area contributed by atoms with Gasteiger partial charge in [0.25, 0.3) is 0 Å². The topological polar surface area (TPSA) is 99.1 Å². The van der Waals surface area contributed by atoms with Crippen molar-refractivity contribution in [3.05, 3.63) is 34.6 Å². The summed E-state index contributed by atoms with van der Waals surface area (Å²) in [6.45, 7) is 7.36. The number of aromatic amines is 1. The van der Waals surface area contributed by atoms with Crippen LogP contribution in [0.15, 0.2) is 28.9 Å². The Bertz CT molecular complexity index is 1020. The number of carbonyl (C=O) groups excluding carboxylic acids is 2. The molecule has 0 atom stereocenters. The van der Waals surface area contributed by atoms with E-state index in [1.165, 1.54) is 4.57 Å². The maximum Gasteiger partial charge on any atom is 0.419 e. The highest BCUT2D eigenvalue weighted by molar-refractivity contribution is 9.10. The third-order valence-electron chi connectivity index (χ3n) is 3.65. The van der Waals surface area contributed by atoms with Gasteiger partial charge in [0.05, 0.1) is 12.1 Å². The Balaban J connectivity index is 2.14. The highest BCUT2D eigenvalue weighted by atomic mass is 79.9. The van der Waals surface area contributed by atoms with E-state index in [-0.39, 0.29) is 12.3 Å². The number of esters is 1. The zero-order valence-corrected chi connectivity index (χ0v) is 17.0. The van der Waals surface area contributed by atoms with Gasteiger partial charge in [-0.15, -0.1) is 5.10 Å². The van der Waals surface area contributed by atoms with Crippen LogP contribution in [-0.2, 0) is 9.47 Å². The van der Waals surface area contributed by atoms with Gasteiger partial charge in [0, 0.05) is 21.6 Å². The lowest BCUT2D eigenvalue weighted by atomic mass is 10.1. The quantitative estimate of drug-likeness (QED) is 0.621. The normalized spacial score (nSPS) is 11.6. The van der Waals surface area contributed by atoms with E-state index in [9.17, 15) is 9.59 Å². The van der Waals surface area contributed by atoms with Crippen LogP contribution in [0.4, 0.5) is 4.79 Å². The molecule has 2 heterocycles. The van der Waals surface area contributed by atoms with Crippen LogP contribution in [0.5, 0.6) is 0 Å². The summed E-state index contributed by atoms with van der Waals surface area (Å²) in [6.07, 6.45) is 1.13. The standard InChI is InChI=1S/C18H19BrN4O4/c1-5-26-16(24)15-14(20-22-21-15)10-7-6-8-12-13(10)11(19)9-23(12)17(25)27-18(2,3)4/h6-9H,5H2,1-4H3,(H,20,21,22). The molecule has 0 aliphatic carbocycles. The lowest BCUT2D eigenvalue weighted by Crippen LogP contribution is -2.26. The fourth-order valence-corrected chi connectivity index (χ4v) is 3.28. The summed E-state index contributed by atoms with van der Waals surface area (Å²) in [6, 6.07) is 5.36. The first-order chi connectivity index (χ1) is 12.7. The number of carbonyl (C=O) groups is 2. The number of nitrogens with one attached hydrogen (secondary N) is 1. The number of halogens is 1. The van der Waals surface area contributed by atoms with Crippen LogP contribution in [-0.4, -0.2) is 44.2 Å². The summed E-state index contributed by atoms with van der Waals surface area (Å²) < 4.78 is 12.6. The predicted molar refractivity (Wildman–Crippen MR) is 103 cm³/mol. The van der Waals surface area contributed by atoms with Gasteiger partial charge in [0.2, 0.25) is 0 Å². The highest BCUT2D eigenvalue weighted by Gasteiger charge is 2.25. The van der Waals surface area contributed by atoms with Gasteiger partial charge in [-0.3, -0.25) is 4.57 Å². The van der Waals surface area contributed by atoms with Gasteiger partial charge < -0.3 is 9.47 Å². The molecule has 0 fully saturated rings. The van der Waals surface area contributed by atoms with Crippen molar-refractivity contribution in [1.29, 1.82) is 0 Å². The molecular formula is C18H19BrN4O4. The third kappa shape index (κ3) is 3.73. The third-order valence-corrected chi connectivity index (χ3v) is 4.25. The van der Waals surface area contributed by atoms with Crippen LogP contribution < -0.4 is 0 Å². The molecule has 142 valence electrons. The van der Waals surface area contributed by atoms with Gasteiger partial charge >= 0.3 is 12.1 Å². The number of rotatable bonds is 3. The largest absolute Gasteiger partial charge is 0.461 e. The summed E-state index contributed by atoms with van der Waals surface area (Å²) in [5.41, 5.74) is 1.06. The average molecular weight is 435 g/mol. The van der Waals surface area contributed by atoms with E-state index in [0.717, 1.165) is 0 Å². The van der Waals surface area contributed by atoms with Crippen molar-refractivity contribution in [1.82, 2.24) is 20.0 Å². The van der Waals surface area contributed by atoms with Crippen LogP contribution in [0.1, 0.15) is 38.2 Å². The number of fused-ring (bicyclic) bond motifs is 1. The van der Waals surface area contributed by atoms with Crippen molar-refractivity contribution in [2.75, 3.05) is 6.61 Å². The van der Waals surface area contributed by atoms with E-state index >= 15 is 0 Å². The molecular weight excluding hydrogens is 416 g/mol. The maximum absolute atomic E-state index is 12.6. The average Bonchev–Trinajstić information content (AvgIpc) is 3.19. The number of H-pyrrole nitrogens is 1. The Kier molecular flexibility index (Phi) is 5.05. The van der Waals surface area contributed by atoms with E-state index in [1.54, 1.807) is 52.1 Å². The molecule has 27 heavy (non-hydrogen) atoms. The number of ether oxygens (including phenoxy) is 2. The van der Waals surface area contributed by atoms with Gasteiger partial charge in [0.15, 0.2) is 5.69 Å². The Hall–Kier alpha value is -2.68. The fraction of sp³-hybridized carbons (Fsp3) is 0.333. The van der Waals surface area contributed by atoms with Crippen molar-refractivity contribution < 1.29 is 19.1 Å². The first-order valence-corrected chi connectivity index (χ1v) is 9.13. The van der Waals surface area contributed by atoms with Crippen LogP contribution >= 0.6 is 15.9 Å². The molecule has 1 N–H and O–H groups in total. The smallest absolute Gasteiger partial charge is 0.419 e. The molecule has 8 nitrogen and oxygen atoms in total. The van der Waals surface area contributed by atoms with Gasteiger partial charge in [0.1, 0.15) is 11.3 Å². The molecule has 0 radical (unpaired) electrons. The van der Waals surface area contributed by atoms with E-state index < -0.39 is 17.7 Å². The minimum atomic E-state index is -0.624. The molecule has 3 aromatic rings. The second-order valence-corrected chi connectivity index (χ2v) is 7.62. The van der Waals surface area contributed by atoms with Gasteiger partial charge in [-0.2, -0.15) is 10.3 Å². The highest BCUT2D eigenvalue weighted by Crippen LogP contribution is 2.36. The van der Waals surface area contributed by atoms with Crippen molar-refractivity contribution in [3.63, 3.8) is 0 Å². The molecule has 0 saturated heterocycles. The minimum absolute atomic E-state index is 0.0845.